The van der Waals surface area contributed by atoms with Gasteiger partial charge in [0.2, 0.25) is 5.91 Å². The summed E-state index contributed by atoms with van der Waals surface area (Å²) in [5.41, 5.74) is 0.119. The Morgan fingerprint density at radius 3 is 2.83 bits per heavy atom. The fourth-order valence-electron chi connectivity index (χ4n) is 4.75. The van der Waals surface area contributed by atoms with E-state index in [9.17, 15) is 4.79 Å². The number of nitrogens with zero attached hydrogens (tertiary/aromatic N) is 2. The van der Waals surface area contributed by atoms with Gasteiger partial charge >= 0.3 is 0 Å². The zero-order chi connectivity index (χ0) is 16.8. The first-order valence-corrected chi connectivity index (χ1v) is 9.78. The number of rotatable bonds is 5. The smallest absolute Gasteiger partial charge is 0.222 e. The van der Waals surface area contributed by atoms with Crippen molar-refractivity contribution in [3.63, 3.8) is 0 Å². The lowest BCUT2D eigenvalue weighted by Gasteiger charge is -2.44. The van der Waals surface area contributed by atoms with E-state index in [0.717, 1.165) is 65.4 Å². The van der Waals surface area contributed by atoms with Gasteiger partial charge in [0.05, 0.1) is 19.8 Å². The lowest BCUT2D eigenvalue weighted by atomic mass is 9.79. The fraction of sp³-hybridized carbons (Fsp3) is 0.947. The molecule has 24 heavy (non-hydrogen) atoms. The lowest BCUT2D eigenvalue weighted by Crippen LogP contribution is -2.52. The van der Waals surface area contributed by atoms with Gasteiger partial charge in [-0.1, -0.05) is 12.8 Å². The molecule has 138 valence electrons. The second-order valence-electron chi connectivity index (χ2n) is 8.09. The summed E-state index contributed by atoms with van der Waals surface area (Å²) in [6.07, 6.45) is 8.16. The Labute approximate surface area is 146 Å². The van der Waals surface area contributed by atoms with Crippen LogP contribution in [0.2, 0.25) is 0 Å². The van der Waals surface area contributed by atoms with Gasteiger partial charge in [0.1, 0.15) is 0 Å². The largest absolute Gasteiger partial charge is 0.383 e. The Hall–Kier alpha value is -0.650. The summed E-state index contributed by atoms with van der Waals surface area (Å²) in [6.45, 7) is 7.13. The van der Waals surface area contributed by atoms with Gasteiger partial charge in [0, 0.05) is 51.7 Å². The van der Waals surface area contributed by atoms with Gasteiger partial charge in [-0.25, -0.2) is 0 Å². The molecule has 2 aliphatic heterocycles. The molecule has 3 aliphatic rings. The molecule has 1 spiro atoms. The normalized spacial score (nSPS) is 30.0. The molecule has 3 fully saturated rings. The van der Waals surface area contributed by atoms with E-state index in [1.165, 1.54) is 32.1 Å². The Morgan fingerprint density at radius 2 is 2.04 bits per heavy atom. The minimum absolute atomic E-state index is 0.119. The van der Waals surface area contributed by atoms with Crippen LogP contribution in [0.1, 0.15) is 44.9 Å². The van der Waals surface area contributed by atoms with Crippen LogP contribution < -0.4 is 0 Å². The van der Waals surface area contributed by atoms with Gasteiger partial charge < -0.3 is 14.4 Å². The van der Waals surface area contributed by atoms with E-state index in [4.69, 9.17) is 9.47 Å². The van der Waals surface area contributed by atoms with Gasteiger partial charge in [-0.3, -0.25) is 9.69 Å². The summed E-state index contributed by atoms with van der Waals surface area (Å²) in [4.78, 5) is 17.4. The molecule has 1 aliphatic carbocycles. The Kier molecular flexibility index (Phi) is 6.53. The SMILES string of the molecule is COCCN1CCOC[C@@]2(CCCN(C(=O)CC3CCCC3)C2)C1. The number of amides is 1. The van der Waals surface area contributed by atoms with Crippen LogP contribution in [0, 0.1) is 11.3 Å². The standard InChI is InChI=1S/C19H34N2O3/c1-23-11-9-20-10-12-24-16-19(14-20)7-4-8-21(15-19)18(22)13-17-5-2-3-6-17/h17H,2-16H2,1H3/t19-/m0/s1. The van der Waals surface area contributed by atoms with Crippen LogP contribution in [0.3, 0.4) is 0 Å². The quantitative estimate of drug-likeness (QED) is 0.770. The highest BCUT2D eigenvalue weighted by atomic mass is 16.5. The maximum Gasteiger partial charge on any atom is 0.222 e. The Balaban J connectivity index is 1.58. The molecule has 0 aromatic rings. The van der Waals surface area contributed by atoms with Crippen molar-refractivity contribution in [3.8, 4) is 0 Å². The molecule has 2 saturated heterocycles. The van der Waals surface area contributed by atoms with E-state index in [1.54, 1.807) is 7.11 Å². The van der Waals surface area contributed by atoms with Gasteiger partial charge in [-0.15, -0.1) is 0 Å². The molecule has 2 heterocycles. The van der Waals surface area contributed by atoms with Crippen LogP contribution in [0.15, 0.2) is 0 Å². The first-order chi connectivity index (χ1) is 11.7. The fourth-order valence-corrected chi connectivity index (χ4v) is 4.75. The number of carbonyl (C=O) groups excluding carboxylic acids is 1. The number of hydrogen-bond donors (Lipinski definition) is 0. The van der Waals surface area contributed by atoms with E-state index in [2.05, 4.69) is 9.80 Å². The third-order valence-corrected chi connectivity index (χ3v) is 6.08. The predicted octanol–water partition coefficient (Wildman–Crippen LogP) is 2.15. The van der Waals surface area contributed by atoms with Gasteiger partial charge in [-0.05, 0) is 31.6 Å². The monoisotopic (exact) mass is 338 g/mol. The summed E-state index contributed by atoms with van der Waals surface area (Å²) in [6, 6.07) is 0. The summed E-state index contributed by atoms with van der Waals surface area (Å²) in [5, 5.41) is 0. The number of carbonyl (C=O) groups is 1. The second kappa shape index (κ2) is 8.63. The topological polar surface area (TPSA) is 42.0 Å². The van der Waals surface area contributed by atoms with Gasteiger partial charge in [-0.2, -0.15) is 0 Å². The molecular weight excluding hydrogens is 304 g/mol. The zero-order valence-corrected chi connectivity index (χ0v) is 15.3. The third kappa shape index (κ3) is 4.70. The number of hydrogen-bond acceptors (Lipinski definition) is 4. The molecule has 1 saturated carbocycles. The van der Waals surface area contributed by atoms with E-state index < -0.39 is 0 Å². The van der Waals surface area contributed by atoms with Crippen molar-refractivity contribution in [2.75, 3.05) is 59.7 Å². The van der Waals surface area contributed by atoms with Crippen LogP contribution in [-0.4, -0.2) is 75.4 Å². The Morgan fingerprint density at radius 1 is 1.21 bits per heavy atom. The highest BCUT2D eigenvalue weighted by Crippen LogP contribution is 2.34. The predicted molar refractivity (Wildman–Crippen MR) is 94.0 cm³/mol. The van der Waals surface area contributed by atoms with E-state index >= 15 is 0 Å². The maximum atomic E-state index is 12.8. The third-order valence-electron chi connectivity index (χ3n) is 6.08. The van der Waals surface area contributed by atoms with E-state index in [-0.39, 0.29) is 5.41 Å². The lowest BCUT2D eigenvalue weighted by molar-refractivity contribution is -0.137. The summed E-state index contributed by atoms with van der Waals surface area (Å²) in [5.74, 6) is 1.02. The number of methoxy groups -OCH3 is 1. The summed E-state index contributed by atoms with van der Waals surface area (Å²) >= 11 is 0. The first-order valence-electron chi connectivity index (χ1n) is 9.78. The molecule has 0 bridgehead atoms. The van der Waals surface area contributed by atoms with Crippen molar-refractivity contribution in [2.24, 2.45) is 11.3 Å². The molecule has 0 unspecified atom stereocenters. The van der Waals surface area contributed by atoms with Crippen LogP contribution in [-0.2, 0) is 14.3 Å². The van der Waals surface area contributed by atoms with Crippen LogP contribution in [0.4, 0.5) is 0 Å². The Bertz CT molecular complexity index is 411. The average molecular weight is 338 g/mol. The molecule has 0 radical (unpaired) electrons. The average Bonchev–Trinajstić information content (AvgIpc) is 3.02. The molecular formula is C19H34N2O3. The van der Waals surface area contributed by atoms with Crippen LogP contribution in [0.25, 0.3) is 0 Å². The molecule has 3 rings (SSSR count). The van der Waals surface area contributed by atoms with Crippen molar-refractivity contribution >= 4 is 5.91 Å². The maximum absolute atomic E-state index is 12.8. The number of piperidine rings is 1. The molecule has 5 nitrogen and oxygen atoms in total. The van der Waals surface area contributed by atoms with Crippen molar-refractivity contribution in [2.45, 2.75) is 44.9 Å². The van der Waals surface area contributed by atoms with Crippen molar-refractivity contribution in [1.29, 1.82) is 0 Å². The highest BCUT2D eigenvalue weighted by Gasteiger charge is 2.40. The minimum atomic E-state index is 0.119. The van der Waals surface area contributed by atoms with Crippen LogP contribution in [0.5, 0.6) is 0 Å². The molecule has 1 amide bonds. The van der Waals surface area contributed by atoms with Crippen molar-refractivity contribution < 1.29 is 14.3 Å². The molecule has 5 heteroatoms. The highest BCUT2D eigenvalue weighted by molar-refractivity contribution is 5.76. The molecule has 0 aromatic carbocycles. The number of ether oxygens (including phenoxy) is 2. The molecule has 0 N–H and O–H groups in total. The minimum Gasteiger partial charge on any atom is -0.383 e. The second-order valence-corrected chi connectivity index (χ2v) is 8.09. The molecule has 1 atom stereocenters. The van der Waals surface area contributed by atoms with E-state index in [1.807, 2.05) is 0 Å². The zero-order valence-electron chi connectivity index (χ0n) is 15.3. The van der Waals surface area contributed by atoms with Crippen molar-refractivity contribution in [1.82, 2.24) is 9.80 Å². The first kappa shape index (κ1) is 18.2. The van der Waals surface area contributed by atoms with Crippen molar-refractivity contribution in [3.05, 3.63) is 0 Å². The van der Waals surface area contributed by atoms with E-state index in [0.29, 0.717) is 11.8 Å². The van der Waals surface area contributed by atoms with Gasteiger partial charge in [0.25, 0.3) is 0 Å². The summed E-state index contributed by atoms with van der Waals surface area (Å²) in [7, 11) is 1.76. The molecule has 0 aromatic heterocycles. The van der Waals surface area contributed by atoms with Crippen LogP contribution >= 0.6 is 0 Å². The number of likely N-dealkylation sites (tertiary alicyclic amines) is 1. The summed E-state index contributed by atoms with van der Waals surface area (Å²) < 4.78 is 11.2. The van der Waals surface area contributed by atoms with Gasteiger partial charge in [0.15, 0.2) is 0 Å².